The summed E-state index contributed by atoms with van der Waals surface area (Å²) in [6.07, 6.45) is 7.73. The largest absolute Gasteiger partial charge is 0.285 e. The monoisotopic (exact) mass is 502 g/mol. The zero-order valence-electron chi connectivity index (χ0n) is 22.3. The van der Waals surface area contributed by atoms with E-state index in [0.29, 0.717) is 0 Å². The lowest BCUT2D eigenvalue weighted by atomic mass is 9.84. The summed E-state index contributed by atoms with van der Waals surface area (Å²) in [6, 6.07) is 41.2. The molecule has 39 heavy (non-hydrogen) atoms. The maximum atomic E-state index is 4.76. The summed E-state index contributed by atoms with van der Waals surface area (Å²) in [7, 11) is 0. The van der Waals surface area contributed by atoms with E-state index in [9.17, 15) is 0 Å². The van der Waals surface area contributed by atoms with Crippen molar-refractivity contribution in [3.8, 4) is 33.5 Å². The van der Waals surface area contributed by atoms with Crippen LogP contribution < -0.4 is 0 Å². The van der Waals surface area contributed by atoms with E-state index in [2.05, 4.69) is 115 Å². The number of fused-ring (bicyclic) bond motifs is 2. The van der Waals surface area contributed by atoms with Gasteiger partial charge in [0.1, 0.15) is 0 Å². The van der Waals surface area contributed by atoms with E-state index in [4.69, 9.17) is 4.99 Å². The molecule has 0 radical (unpaired) electrons. The molecule has 0 aliphatic heterocycles. The van der Waals surface area contributed by atoms with Crippen LogP contribution in [-0.2, 0) is 0 Å². The zero-order chi connectivity index (χ0) is 26.6. The molecule has 1 atom stereocenters. The Morgan fingerprint density at radius 1 is 0.615 bits per heavy atom. The second-order valence-electron chi connectivity index (χ2n) is 9.76. The van der Waals surface area contributed by atoms with Gasteiger partial charge < -0.3 is 0 Å². The highest BCUT2D eigenvalue weighted by atomic mass is 14.7. The molecule has 0 fully saturated rings. The summed E-state index contributed by atoms with van der Waals surface area (Å²) in [6.45, 7) is 4.16. The van der Waals surface area contributed by atoms with Crippen molar-refractivity contribution in [2.75, 3.05) is 0 Å². The van der Waals surface area contributed by atoms with Crippen LogP contribution in [0, 0.1) is 0 Å². The summed E-state index contributed by atoms with van der Waals surface area (Å²) in [5.41, 5.74) is 8.19. The molecule has 188 valence electrons. The van der Waals surface area contributed by atoms with Gasteiger partial charge in [0, 0.05) is 18.0 Å². The zero-order valence-corrected chi connectivity index (χ0v) is 22.3. The Labute approximate surface area is 230 Å². The Morgan fingerprint density at radius 2 is 1.23 bits per heavy atom. The number of aromatic nitrogens is 1. The number of benzene rings is 5. The van der Waals surface area contributed by atoms with Gasteiger partial charge in [-0.05, 0) is 93.6 Å². The van der Waals surface area contributed by atoms with Crippen molar-refractivity contribution in [2.45, 2.75) is 19.9 Å². The first-order valence-corrected chi connectivity index (χ1v) is 13.4. The first-order valence-electron chi connectivity index (χ1n) is 13.4. The van der Waals surface area contributed by atoms with Crippen LogP contribution in [0.2, 0.25) is 0 Å². The molecule has 0 amide bonds. The SMILES string of the molecule is C/C=C\C=NC(C)c1ccc2c(-c3ccccc3)c3cc(-c4ccccn4)ccc3c(-c3ccccc3)c2c1. The lowest BCUT2D eigenvalue weighted by Gasteiger charge is -2.20. The van der Waals surface area contributed by atoms with Gasteiger partial charge in [0.2, 0.25) is 0 Å². The van der Waals surface area contributed by atoms with Crippen molar-refractivity contribution in [3.05, 3.63) is 139 Å². The van der Waals surface area contributed by atoms with E-state index < -0.39 is 0 Å². The number of hydrogen-bond acceptors (Lipinski definition) is 2. The summed E-state index contributed by atoms with van der Waals surface area (Å²) in [4.78, 5) is 9.41. The van der Waals surface area contributed by atoms with E-state index in [1.807, 2.05) is 43.6 Å². The third-order valence-corrected chi connectivity index (χ3v) is 7.30. The molecule has 6 rings (SSSR count). The molecule has 0 N–H and O–H groups in total. The summed E-state index contributed by atoms with van der Waals surface area (Å²) >= 11 is 0. The van der Waals surface area contributed by atoms with Crippen LogP contribution in [0.5, 0.6) is 0 Å². The third kappa shape index (κ3) is 4.78. The molecular formula is C37H30N2. The molecule has 0 spiro atoms. The van der Waals surface area contributed by atoms with Crippen molar-refractivity contribution in [1.82, 2.24) is 4.98 Å². The number of allylic oxidation sites excluding steroid dienone is 2. The molecule has 5 aromatic carbocycles. The molecule has 2 nitrogen and oxygen atoms in total. The van der Waals surface area contributed by atoms with Crippen molar-refractivity contribution < 1.29 is 0 Å². The van der Waals surface area contributed by atoms with Crippen LogP contribution in [0.25, 0.3) is 55.1 Å². The Hall–Kier alpha value is -4.82. The van der Waals surface area contributed by atoms with Crippen LogP contribution in [0.3, 0.4) is 0 Å². The molecule has 2 heteroatoms. The highest BCUT2D eigenvalue weighted by molar-refractivity contribution is 6.22. The number of aliphatic imine (C=N–C) groups is 1. The summed E-state index contributed by atoms with van der Waals surface area (Å²) in [5, 5.41) is 4.93. The van der Waals surface area contributed by atoms with Gasteiger partial charge >= 0.3 is 0 Å². The van der Waals surface area contributed by atoms with Crippen LogP contribution in [0.15, 0.2) is 139 Å². The second-order valence-corrected chi connectivity index (χ2v) is 9.76. The third-order valence-electron chi connectivity index (χ3n) is 7.30. The molecule has 0 saturated carbocycles. The average Bonchev–Trinajstić information content (AvgIpc) is 3.00. The summed E-state index contributed by atoms with van der Waals surface area (Å²) in [5.74, 6) is 0. The van der Waals surface area contributed by atoms with Crippen LogP contribution in [0.1, 0.15) is 25.5 Å². The minimum atomic E-state index is 0.0524. The average molecular weight is 503 g/mol. The molecule has 1 aromatic heterocycles. The molecule has 0 aliphatic rings. The Kier molecular flexibility index (Phi) is 6.84. The standard InChI is InChI=1S/C37H30N2/c1-3-4-22-38-26(2)29-18-20-31-33(24-29)36(27-13-7-5-8-14-27)32-21-19-30(35-17-11-12-23-39-35)25-34(32)37(31)28-15-9-6-10-16-28/h3-26H,1-2H3/b4-3-,38-22?. The fourth-order valence-corrected chi connectivity index (χ4v) is 5.38. The second kappa shape index (κ2) is 10.9. The smallest absolute Gasteiger partial charge is 0.0721 e. The van der Waals surface area contributed by atoms with Gasteiger partial charge in [0.25, 0.3) is 0 Å². The van der Waals surface area contributed by atoms with E-state index in [1.54, 1.807) is 0 Å². The first-order chi connectivity index (χ1) is 19.2. The maximum Gasteiger partial charge on any atom is 0.0721 e. The van der Waals surface area contributed by atoms with Gasteiger partial charge in [-0.2, -0.15) is 0 Å². The Morgan fingerprint density at radius 3 is 1.85 bits per heavy atom. The molecule has 0 saturated heterocycles. The molecule has 0 aliphatic carbocycles. The predicted molar refractivity (Wildman–Crippen MR) is 167 cm³/mol. The van der Waals surface area contributed by atoms with Gasteiger partial charge in [-0.3, -0.25) is 9.98 Å². The Balaban J connectivity index is 1.73. The van der Waals surface area contributed by atoms with Gasteiger partial charge in [0.15, 0.2) is 0 Å². The lowest BCUT2D eigenvalue weighted by molar-refractivity contribution is 0.827. The molecular weight excluding hydrogens is 472 g/mol. The number of hydrogen-bond donors (Lipinski definition) is 0. The van der Waals surface area contributed by atoms with Crippen LogP contribution >= 0.6 is 0 Å². The van der Waals surface area contributed by atoms with Crippen molar-refractivity contribution in [2.24, 2.45) is 4.99 Å². The van der Waals surface area contributed by atoms with Gasteiger partial charge in [-0.15, -0.1) is 0 Å². The molecule has 1 heterocycles. The minimum Gasteiger partial charge on any atom is -0.285 e. The normalized spacial score (nSPS) is 12.6. The fraction of sp³-hybridized carbons (Fsp3) is 0.0811. The Bertz CT molecular complexity index is 1800. The van der Waals surface area contributed by atoms with E-state index >= 15 is 0 Å². The number of rotatable bonds is 6. The van der Waals surface area contributed by atoms with Crippen molar-refractivity contribution >= 4 is 27.8 Å². The van der Waals surface area contributed by atoms with Crippen molar-refractivity contribution in [3.63, 3.8) is 0 Å². The lowest BCUT2D eigenvalue weighted by Crippen LogP contribution is -1.95. The van der Waals surface area contributed by atoms with Gasteiger partial charge in [0.05, 0.1) is 11.7 Å². The number of pyridine rings is 1. The summed E-state index contributed by atoms with van der Waals surface area (Å²) < 4.78 is 0. The van der Waals surface area contributed by atoms with Gasteiger partial charge in [-0.1, -0.05) is 97.1 Å². The van der Waals surface area contributed by atoms with E-state index in [0.717, 1.165) is 11.3 Å². The van der Waals surface area contributed by atoms with Crippen LogP contribution in [0.4, 0.5) is 0 Å². The molecule has 0 bridgehead atoms. The molecule has 1 unspecified atom stereocenters. The minimum absolute atomic E-state index is 0.0524. The van der Waals surface area contributed by atoms with Gasteiger partial charge in [-0.25, -0.2) is 0 Å². The predicted octanol–water partition coefficient (Wildman–Crippen LogP) is 10.1. The van der Waals surface area contributed by atoms with Crippen LogP contribution in [-0.4, -0.2) is 11.2 Å². The first kappa shape index (κ1) is 24.5. The fourth-order valence-electron chi connectivity index (χ4n) is 5.38. The van der Waals surface area contributed by atoms with E-state index in [-0.39, 0.29) is 6.04 Å². The highest BCUT2D eigenvalue weighted by Crippen LogP contribution is 2.45. The molecule has 6 aromatic rings. The topological polar surface area (TPSA) is 25.2 Å². The number of nitrogens with zero attached hydrogens (tertiary/aromatic N) is 2. The highest BCUT2D eigenvalue weighted by Gasteiger charge is 2.18. The quantitative estimate of drug-likeness (QED) is 0.164. The van der Waals surface area contributed by atoms with Crippen molar-refractivity contribution in [1.29, 1.82) is 0 Å². The van der Waals surface area contributed by atoms with E-state index in [1.165, 1.54) is 49.4 Å². The maximum absolute atomic E-state index is 4.76.